The highest BCUT2D eigenvalue weighted by atomic mass is 35.5. The predicted octanol–water partition coefficient (Wildman–Crippen LogP) is 5.48. The molecule has 0 amide bonds. The number of hydrogen-bond donors (Lipinski definition) is 1. The highest BCUT2D eigenvalue weighted by molar-refractivity contribution is 6.35. The number of benzene rings is 1. The van der Waals surface area contributed by atoms with Crippen molar-refractivity contribution in [1.29, 1.82) is 0 Å². The van der Waals surface area contributed by atoms with Gasteiger partial charge in [-0.2, -0.15) is 18.3 Å². The van der Waals surface area contributed by atoms with Crippen LogP contribution in [-0.4, -0.2) is 24.7 Å². The fourth-order valence-electron chi connectivity index (χ4n) is 3.03. The van der Waals surface area contributed by atoms with Crippen molar-refractivity contribution in [3.8, 4) is 5.69 Å². The third kappa shape index (κ3) is 2.93. The van der Waals surface area contributed by atoms with Gasteiger partial charge in [-0.3, -0.25) is 9.67 Å². The van der Waals surface area contributed by atoms with E-state index in [0.29, 0.717) is 27.6 Å². The number of nitrogens with zero attached hydrogens (tertiary/aromatic N) is 4. The van der Waals surface area contributed by atoms with Gasteiger partial charge in [0.1, 0.15) is 17.0 Å². The maximum atomic E-state index is 13.2. The Morgan fingerprint density at radius 3 is 2.70 bits per heavy atom. The Kier molecular flexibility index (Phi) is 4.10. The summed E-state index contributed by atoms with van der Waals surface area (Å²) in [6.45, 7) is 3.97. The minimum atomic E-state index is -4.54. The first-order valence-corrected chi connectivity index (χ1v) is 8.77. The number of imidazole rings is 1. The summed E-state index contributed by atoms with van der Waals surface area (Å²) < 4.78 is 41.2. The number of rotatable bonds is 3. The Labute approximate surface area is 157 Å². The van der Waals surface area contributed by atoms with Crippen molar-refractivity contribution >= 4 is 33.7 Å². The van der Waals surface area contributed by atoms with Crippen LogP contribution >= 0.6 is 11.6 Å². The number of halogens is 4. The van der Waals surface area contributed by atoms with Crippen molar-refractivity contribution in [1.82, 2.24) is 24.7 Å². The molecule has 0 saturated heterocycles. The molecule has 0 aliphatic rings. The topological polar surface area (TPSA) is 59.4 Å². The Morgan fingerprint density at radius 1 is 1.22 bits per heavy atom. The molecule has 140 valence electrons. The van der Waals surface area contributed by atoms with Crippen LogP contribution in [-0.2, 0) is 6.18 Å². The number of fused-ring (bicyclic) bond motifs is 2. The van der Waals surface area contributed by atoms with Gasteiger partial charge in [0.15, 0.2) is 5.65 Å². The second-order valence-corrected chi connectivity index (χ2v) is 6.82. The molecule has 5 nitrogen and oxygen atoms in total. The fraction of sp³-hybridized carbons (Fsp3) is 0.278. The lowest BCUT2D eigenvalue weighted by molar-refractivity contribution is -0.141. The second-order valence-electron chi connectivity index (χ2n) is 6.41. The van der Waals surface area contributed by atoms with E-state index in [2.05, 4.69) is 20.2 Å². The zero-order valence-corrected chi connectivity index (χ0v) is 15.2. The first-order valence-electron chi connectivity index (χ1n) is 8.39. The lowest BCUT2D eigenvalue weighted by atomic mass is 10.1. The lowest BCUT2D eigenvalue weighted by Gasteiger charge is -2.14. The van der Waals surface area contributed by atoms with Crippen molar-refractivity contribution < 1.29 is 13.2 Å². The van der Waals surface area contributed by atoms with Crippen LogP contribution in [0.5, 0.6) is 0 Å². The van der Waals surface area contributed by atoms with Gasteiger partial charge in [0.2, 0.25) is 0 Å². The summed E-state index contributed by atoms with van der Waals surface area (Å²) in [4.78, 5) is 8.41. The van der Waals surface area contributed by atoms with Gasteiger partial charge < -0.3 is 0 Å². The van der Waals surface area contributed by atoms with Crippen LogP contribution in [0.1, 0.15) is 37.7 Å². The van der Waals surface area contributed by atoms with E-state index < -0.39 is 11.9 Å². The van der Waals surface area contributed by atoms with Gasteiger partial charge in [-0.25, -0.2) is 9.97 Å². The normalized spacial score (nSPS) is 13.6. The van der Waals surface area contributed by atoms with Gasteiger partial charge in [-0.15, -0.1) is 0 Å². The molecule has 0 aliphatic heterocycles. The van der Waals surface area contributed by atoms with E-state index in [9.17, 15) is 13.2 Å². The number of hydrogen-bond acceptors (Lipinski definition) is 3. The SMILES string of the molecule is CCC(C)c1nc2ccc(C(F)(F)F)nc2n1-c1cc(Cl)c2[nH]ncc2c1. The lowest BCUT2D eigenvalue weighted by Crippen LogP contribution is -2.10. The maximum Gasteiger partial charge on any atom is 0.433 e. The molecule has 0 spiro atoms. The summed E-state index contributed by atoms with van der Waals surface area (Å²) in [7, 11) is 0. The van der Waals surface area contributed by atoms with Gasteiger partial charge in [0.25, 0.3) is 0 Å². The van der Waals surface area contributed by atoms with Gasteiger partial charge in [0.05, 0.1) is 22.4 Å². The molecule has 1 N–H and O–H groups in total. The third-order valence-corrected chi connectivity index (χ3v) is 4.92. The summed E-state index contributed by atoms with van der Waals surface area (Å²) in [5.41, 5.74) is 0.862. The summed E-state index contributed by atoms with van der Waals surface area (Å²) in [5.74, 6) is 0.658. The fourth-order valence-corrected chi connectivity index (χ4v) is 3.29. The van der Waals surface area contributed by atoms with E-state index in [1.54, 1.807) is 22.9 Å². The van der Waals surface area contributed by atoms with Crippen LogP contribution < -0.4 is 0 Å². The molecule has 0 radical (unpaired) electrons. The van der Waals surface area contributed by atoms with E-state index in [-0.39, 0.29) is 11.6 Å². The molecule has 27 heavy (non-hydrogen) atoms. The molecular formula is C18H15ClF3N5. The number of H-pyrrole nitrogens is 1. The highest BCUT2D eigenvalue weighted by Crippen LogP contribution is 2.33. The number of nitrogens with one attached hydrogen (secondary N) is 1. The zero-order chi connectivity index (χ0) is 19.3. The maximum absolute atomic E-state index is 13.2. The Hall–Kier alpha value is -2.61. The van der Waals surface area contributed by atoms with Gasteiger partial charge in [-0.05, 0) is 30.7 Å². The van der Waals surface area contributed by atoms with Gasteiger partial charge in [-0.1, -0.05) is 25.4 Å². The molecule has 0 aliphatic carbocycles. The Morgan fingerprint density at radius 2 is 2.00 bits per heavy atom. The molecule has 1 aromatic carbocycles. The largest absolute Gasteiger partial charge is 0.433 e. The van der Waals surface area contributed by atoms with Crippen molar-refractivity contribution in [3.63, 3.8) is 0 Å². The van der Waals surface area contributed by atoms with Crippen molar-refractivity contribution in [3.05, 3.63) is 47.0 Å². The molecule has 0 bridgehead atoms. The third-order valence-electron chi connectivity index (χ3n) is 4.62. The zero-order valence-electron chi connectivity index (χ0n) is 14.5. The van der Waals surface area contributed by atoms with Crippen molar-refractivity contribution in [2.45, 2.75) is 32.4 Å². The number of aromatic amines is 1. The molecule has 9 heteroatoms. The van der Waals surface area contributed by atoms with E-state index >= 15 is 0 Å². The van der Waals surface area contributed by atoms with Crippen LogP contribution in [0.4, 0.5) is 13.2 Å². The molecule has 3 heterocycles. The van der Waals surface area contributed by atoms with Gasteiger partial charge in [0, 0.05) is 11.3 Å². The van der Waals surface area contributed by atoms with E-state index in [4.69, 9.17) is 11.6 Å². The van der Waals surface area contributed by atoms with Crippen LogP contribution in [0.2, 0.25) is 5.02 Å². The molecular weight excluding hydrogens is 379 g/mol. The van der Waals surface area contributed by atoms with Crippen molar-refractivity contribution in [2.75, 3.05) is 0 Å². The highest BCUT2D eigenvalue weighted by Gasteiger charge is 2.33. The van der Waals surface area contributed by atoms with Crippen LogP contribution in [0.15, 0.2) is 30.5 Å². The summed E-state index contributed by atoms with van der Waals surface area (Å²) in [5, 5.41) is 7.94. The van der Waals surface area contributed by atoms with E-state index in [1.165, 1.54) is 6.07 Å². The monoisotopic (exact) mass is 393 g/mol. The molecule has 0 fully saturated rings. The minimum Gasteiger partial charge on any atom is -0.280 e. The number of pyridine rings is 1. The summed E-state index contributed by atoms with van der Waals surface area (Å²) in [6.07, 6.45) is -2.15. The average Bonchev–Trinajstić information content (AvgIpc) is 3.23. The van der Waals surface area contributed by atoms with Crippen LogP contribution in [0, 0.1) is 0 Å². The van der Waals surface area contributed by atoms with Crippen molar-refractivity contribution in [2.24, 2.45) is 0 Å². The van der Waals surface area contributed by atoms with Gasteiger partial charge >= 0.3 is 6.18 Å². The van der Waals surface area contributed by atoms with E-state index in [1.807, 2.05) is 13.8 Å². The average molecular weight is 394 g/mol. The standard InChI is InChI=1S/C18H15ClF3N5/c1-3-9(2)16-24-13-4-5-14(18(20,21)22)25-17(13)27(16)11-6-10-8-23-26-15(10)12(19)7-11/h4-9H,3H2,1-2H3,(H,23,26). The quantitative estimate of drug-likeness (QED) is 0.501. The molecule has 4 aromatic rings. The Bertz CT molecular complexity index is 1150. The number of aromatic nitrogens is 5. The molecule has 1 atom stereocenters. The molecule has 0 saturated carbocycles. The second kappa shape index (κ2) is 6.23. The van der Waals surface area contributed by atoms with E-state index in [0.717, 1.165) is 17.9 Å². The summed E-state index contributed by atoms with van der Waals surface area (Å²) in [6, 6.07) is 5.79. The summed E-state index contributed by atoms with van der Waals surface area (Å²) >= 11 is 6.34. The van der Waals surface area contributed by atoms with Crippen LogP contribution in [0.3, 0.4) is 0 Å². The first kappa shape index (κ1) is 17.8. The Balaban J connectivity index is 2.05. The molecule has 1 unspecified atom stereocenters. The van der Waals surface area contributed by atoms with Crippen LogP contribution in [0.25, 0.3) is 27.8 Å². The molecule has 3 aromatic heterocycles. The minimum absolute atomic E-state index is 0.0207. The predicted molar refractivity (Wildman–Crippen MR) is 97.2 cm³/mol. The number of alkyl halides is 3. The first-order chi connectivity index (χ1) is 12.8. The smallest absolute Gasteiger partial charge is 0.280 e. The molecule has 4 rings (SSSR count).